The van der Waals surface area contributed by atoms with E-state index >= 15 is 0 Å². The van der Waals surface area contributed by atoms with Crippen LogP contribution in [0.25, 0.3) is 11.2 Å². The van der Waals surface area contributed by atoms with Gasteiger partial charge in [-0.2, -0.15) is 0 Å². The minimum absolute atomic E-state index is 0.217. The molecule has 2 aromatic heterocycles. The molecule has 2 saturated carbocycles. The second-order valence-corrected chi connectivity index (χ2v) is 7.49. The van der Waals surface area contributed by atoms with Gasteiger partial charge in [-0.1, -0.05) is 20.3 Å². The summed E-state index contributed by atoms with van der Waals surface area (Å²) in [7, 11) is 0. The van der Waals surface area contributed by atoms with Crippen LogP contribution in [0, 0.1) is 11.8 Å². The number of fused-ring (bicyclic) bond motifs is 3. The molecule has 6 heteroatoms. The van der Waals surface area contributed by atoms with Crippen LogP contribution < -0.4 is 11.2 Å². The van der Waals surface area contributed by atoms with E-state index in [4.69, 9.17) is 4.98 Å². The van der Waals surface area contributed by atoms with Crippen LogP contribution in [0.15, 0.2) is 9.59 Å². The van der Waals surface area contributed by atoms with Gasteiger partial charge in [-0.3, -0.25) is 13.9 Å². The Morgan fingerprint density at radius 2 is 1.83 bits per heavy atom. The van der Waals surface area contributed by atoms with Crippen molar-refractivity contribution >= 4 is 11.2 Å². The van der Waals surface area contributed by atoms with Crippen LogP contribution in [-0.2, 0) is 13.1 Å². The molecule has 130 valence electrons. The topological polar surface area (TPSA) is 72.7 Å². The molecule has 0 aromatic carbocycles. The van der Waals surface area contributed by atoms with Crippen molar-refractivity contribution in [1.29, 1.82) is 0 Å². The minimum atomic E-state index is -0.220. The van der Waals surface area contributed by atoms with Crippen LogP contribution in [0.2, 0.25) is 0 Å². The van der Waals surface area contributed by atoms with Crippen molar-refractivity contribution in [2.24, 2.45) is 11.8 Å². The minimum Gasteiger partial charge on any atom is -0.336 e. The predicted molar refractivity (Wildman–Crippen MR) is 93.4 cm³/mol. The lowest BCUT2D eigenvalue weighted by atomic mass is 9.88. The third-order valence-corrected chi connectivity index (χ3v) is 5.86. The number of H-pyrrole nitrogens is 1. The monoisotopic (exact) mass is 330 g/mol. The molecule has 24 heavy (non-hydrogen) atoms. The maximum absolute atomic E-state index is 12.8. The number of aromatic amines is 1. The molecule has 3 atom stereocenters. The van der Waals surface area contributed by atoms with Crippen LogP contribution in [0.3, 0.4) is 0 Å². The zero-order chi connectivity index (χ0) is 16.8. The Kier molecular flexibility index (Phi) is 3.85. The van der Waals surface area contributed by atoms with Crippen molar-refractivity contribution in [2.75, 3.05) is 0 Å². The Labute approximate surface area is 140 Å². The molecular formula is C18H26N4O2. The number of imidazole rings is 1. The first-order valence-corrected chi connectivity index (χ1v) is 9.37. The van der Waals surface area contributed by atoms with E-state index in [1.54, 1.807) is 4.57 Å². The van der Waals surface area contributed by atoms with Gasteiger partial charge in [-0.05, 0) is 43.9 Å². The smallest absolute Gasteiger partial charge is 0.332 e. The standard InChI is InChI=1S/C18H26N4O2/c1-3-7-21-16-14(17(23)22(8-4-2)18(21)24)19-15(20-16)13-10-11-5-6-12(13)9-11/h11-13H,3-10H2,1-2H3,(H,19,20)/t11?,12?,13-/m0/s1. The van der Waals surface area contributed by atoms with E-state index < -0.39 is 0 Å². The first kappa shape index (κ1) is 15.7. The van der Waals surface area contributed by atoms with Gasteiger partial charge in [0.1, 0.15) is 11.3 Å². The lowest BCUT2D eigenvalue weighted by Crippen LogP contribution is -2.40. The first-order chi connectivity index (χ1) is 11.6. The van der Waals surface area contributed by atoms with E-state index in [1.165, 1.54) is 30.3 Å². The fraction of sp³-hybridized carbons (Fsp3) is 0.722. The highest BCUT2D eigenvalue weighted by molar-refractivity contribution is 5.70. The summed E-state index contributed by atoms with van der Waals surface area (Å²) in [5, 5.41) is 0. The summed E-state index contributed by atoms with van der Waals surface area (Å²) in [5.74, 6) is 2.87. The summed E-state index contributed by atoms with van der Waals surface area (Å²) in [4.78, 5) is 33.5. The van der Waals surface area contributed by atoms with Gasteiger partial charge in [0.15, 0.2) is 5.65 Å². The van der Waals surface area contributed by atoms with Gasteiger partial charge in [-0.25, -0.2) is 9.78 Å². The molecule has 2 aromatic rings. The molecule has 0 radical (unpaired) electrons. The molecule has 1 N–H and O–H groups in total. The largest absolute Gasteiger partial charge is 0.336 e. The molecule has 2 aliphatic carbocycles. The molecule has 2 fully saturated rings. The summed E-state index contributed by atoms with van der Waals surface area (Å²) in [6, 6.07) is 0. The molecule has 0 aliphatic heterocycles. The fourth-order valence-corrected chi connectivity index (χ4v) is 4.79. The predicted octanol–water partition coefficient (Wildman–Crippen LogP) is 2.61. The lowest BCUT2D eigenvalue weighted by Gasteiger charge is -2.18. The van der Waals surface area contributed by atoms with Crippen molar-refractivity contribution in [3.63, 3.8) is 0 Å². The lowest BCUT2D eigenvalue weighted by molar-refractivity contribution is 0.408. The van der Waals surface area contributed by atoms with E-state index in [0.717, 1.165) is 24.6 Å². The highest BCUT2D eigenvalue weighted by Gasteiger charge is 2.41. The second-order valence-electron chi connectivity index (χ2n) is 7.49. The Morgan fingerprint density at radius 1 is 1.08 bits per heavy atom. The number of aromatic nitrogens is 4. The summed E-state index contributed by atoms with van der Waals surface area (Å²) >= 11 is 0. The van der Waals surface area contributed by atoms with Gasteiger partial charge in [0.2, 0.25) is 0 Å². The average molecular weight is 330 g/mol. The zero-order valence-corrected chi connectivity index (χ0v) is 14.5. The molecule has 2 heterocycles. The van der Waals surface area contributed by atoms with Crippen molar-refractivity contribution in [3.05, 3.63) is 26.7 Å². The highest BCUT2D eigenvalue weighted by Crippen LogP contribution is 2.52. The van der Waals surface area contributed by atoms with Gasteiger partial charge < -0.3 is 4.98 Å². The number of nitrogens with zero attached hydrogens (tertiary/aromatic N) is 3. The summed E-state index contributed by atoms with van der Waals surface area (Å²) in [5.41, 5.74) is 0.625. The highest BCUT2D eigenvalue weighted by atomic mass is 16.2. The Balaban J connectivity index is 1.88. The molecule has 0 spiro atoms. The molecule has 0 saturated heterocycles. The third-order valence-electron chi connectivity index (χ3n) is 5.86. The number of aryl methyl sites for hydroxylation is 1. The number of rotatable bonds is 5. The van der Waals surface area contributed by atoms with E-state index in [9.17, 15) is 9.59 Å². The molecule has 4 rings (SSSR count). The van der Waals surface area contributed by atoms with Crippen LogP contribution >= 0.6 is 0 Å². The van der Waals surface area contributed by atoms with Gasteiger partial charge >= 0.3 is 5.69 Å². The van der Waals surface area contributed by atoms with Crippen LogP contribution in [0.5, 0.6) is 0 Å². The van der Waals surface area contributed by atoms with Crippen LogP contribution in [-0.4, -0.2) is 19.1 Å². The summed E-state index contributed by atoms with van der Waals surface area (Å²) in [6.07, 6.45) is 6.68. The van der Waals surface area contributed by atoms with Crippen molar-refractivity contribution in [3.8, 4) is 0 Å². The first-order valence-electron chi connectivity index (χ1n) is 9.37. The van der Waals surface area contributed by atoms with Gasteiger partial charge in [-0.15, -0.1) is 0 Å². The maximum atomic E-state index is 12.8. The Bertz CT molecular complexity index is 875. The van der Waals surface area contributed by atoms with Gasteiger partial charge in [0, 0.05) is 19.0 Å². The molecule has 2 unspecified atom stereocenters. The Hall–Kier alpha value is -1.85. The van der Waals surface area contributed by atoms with Gasteiger partial charge in [0.25, 0.3) is 5.56 Å². The van der Waals surface area contributed by atoms with Crippen molar-refractivity contribution in [2.45, 2.75) is 71.4 Å². The van der Waals surface area contributed by atoms with E-state index in [-0.39, 0.29) is 11.2 Å². The molecular weight excluding hydrogens is 304 g/mol. The molecule has 2 aliphatic rings. The van der Waals surface area contributed by atoms with Crippen LogP contribution in [0.4, 0.5) is 0 Å². The summed E-state index contributed by atoms with van der Waals surface area (Å²) < 4.78 is 3.04. The number of nitrogens with one attached hydrogen (secondary N) is 1. The second kappa shape index (κ2) is 5.90. The fourth-order valence-electron chi connectivity index (χ4n) is 4.79. The van der Waals surface area contributed by atoms with Crippen molar-refractivity contribution < 1.29 is 0 Å². The van der Waals surface area contributed by atoms with Crippen molar-refractivity contribution in [1.82, 2.24) is 19.1 Å². The number of hydrogen-bond acceptors (Lipinski definition) is 3. The number of hydrogen-bond donors (Lipinski definition) is 1. The molecule has 2 bridgehead atoms. The van der Waals surface area contributed by atoms with E-state index in [2.05, 4.69) is 4.98 Å². The molecule has 0 amide bonds. The van der Waals surface area contributed by atoms with E-state index in [1.807, 2.05) is 13.8 Å². The van der Waals surface area contributed by atoms with Gasteiger partial charge in [0.05, 0.1) is 0 Å². The van der Waals surface area contributed by atoms with Crippen LogP contribution in [0.1, 0.15) is 64.1 Å². The van der Waals surface area contributed by atoms with E-state index in [0.29, 0.717) is 36.1 Å². The SMILES string of the molecule is CCCn1c(=O)c2[nH]c([C@H]3CC4CCC3C4)nc2n(CCC)c1=O. The Morgan fingerprint density at radius 3 is 2.46 bits per heavy atom. The molecule has 6 nitrogen and oxygen atoms in total. The maximum Gasteiger partial charge on any atom is 0.332 e. The zero-order valence-electron chi connectivity index (χ0n) is 14.5. The normalized spacial score (nSPS) is 25.8. The quantitative estimate of drug-likeness (QED) is 0.916. The average Bonchev–Trinajstić information content (AvgIpc) is 3.29. The third kappa shape index (κ3) is 2.26. The summed E-state index contributed by atoms with van der Waals surface area (Å²) in [6.45, 7) is 5.07.